The summed E-state index contributed by atoms with van der Waals surface area (Å²) in [5.74, 6) is 0. The fourth-order valence-corrected chi connectivity index (χ4v) is 2.44. The van der Waals surface area contributed by atoms with Gasteiger partial charge in [0.1, 0.15) is 12.6 Å². The molecule has 0 rings (SSSR count). The van der Waals surface area contributed by atoms with Crippen LogP contribution in [0.5, 0.6) is 0 Å². The Kier molecular flexibility index (Phi) is 12.8. The van der Waals surface area contributed by atoms with E-state index in [1.165, 1.54) is 32.1 Å². The van der Waals surface area contributed by atoms with Gasteiger partial charge in [-0.15, -0.1) is 2.97 Å². The standard InChI is InChI=1S/C13H26IN2O3/c1-3-4-5-6-7-8-9-12(2)19-13(10-15-17)11-16(14)18/h12-13H,3-11H2,1-2H3. The van der Waals surface area contributed by atoms with Crippen LogP contribution in [0, 0.1) is 9.81 Å². The van der Waals surface area contributed by atoms with Gasteiger partial charge in [0.15, 0.2) is 6.54 Å². The third kappa shape index (κ3) is 12.7. The minimum Gasteiger partial charge on any atom is -0.367 e. The van der Waals surface area contributed by atoms with E-state index in [2.05, 4.69) is 12.1 Å². The molecule has 5 nitrogen and oxygen atoms in total. The number of unbranched alkanes of at least 4 members (excludes halogenated alkanes) is 5. The summed E-state index contributed by atoms with van der Waals surface area (Å²) in [6, 6.07) is 0. The van der Waals surface area contributed by atoms with Crippen molar-refractivity contribution in [3.63, 3.8) is 0 Å². The van der Waals surface area contributed by atoms with Crippen LogP contribution in [-0.4, -0.2) is 28.3 Å². The number of ether oxygens (including phenoxy) is 1. The Hall–Kier alpha value is -0.110. The zero-order valence-electron chi connectivity index (χ0n) is 12.0. The maximum atomic E-state index is 11.0. The lowest BCUT2D eigenvalue weighted by Gasteiger charge is -2.18. The fraction of sp³-hybridized carbons (Fsp3) is 1.00. The van der Waals surface area contributed by atoms with Crippen LogP contribution < -0.4 is 22.9 Å². The summed E-state index contributed by atoms with van der Waals surface area (Å²) in [5, 5.41) is 2.83. The first kappa shape index (κ1) is 18.9. The van der Waals surface area contributed by atoms with E-state index in [9.17, 15) is 9.81 Å². The Morgan fingerprint density at radius 2 is 1.84 bits per heavy atom. The Bertz CT molecular complexity index is 252. The summed E-state index contributed by atoms with van der Waals surface area (Å²) in [4.78, 5) is 21.2. The molecular weight excluding hydrogens is 359 g/mol. The molecule has 0 saturated heterocycles. The fourth-order valence-electron chi connectivity index (χ4n) is 2.00. The summed E-state index contributed by atoms with van der Waals surface area (Å²) in [5.41, 5.74) is 0. The molecule has 0 aliphatic heterocycles. The molecule has 2 atom stereocenters. The molecule has 0 saturated carbocycles. The highest BCUT2D eigenvalue weighted by atomic mass is 127. The Morgan fingerprint density at radius 1 is 1.21 bits per heavy atom. The van der Waals surface area contributed by atoms with E-state index < -0.39 is 0 Å². The van der Waals surface area contributed by atoms with Crippen LogP contribution in [0.3, 0.4) is 0 Å². The molecule has 0 spiro atoms. The van der Waals surface area contributed by atoms with Crippen molar-refractivity contribution in [2.24, 2.45) is 5.18 Å². The minimum atomic E-state index is -0.387. The molecule has 0 aromatic rings. The average molecular weight is 385 g/mol. The molecule has 0 aliphatic carbocycles. The van der Waals surface area contributed by atoms with Crippen LogP contribution in [0.4, 0.5) is 0 Å². The van der Waals surface area contributed by atoms with E-state index in [0.29, 0.717) is 0 Å². The largest absolute Gasteiger partial charge is 0.367 e. The van der Waals surface area contributed by atoms with Gasteiger partial charge in [-0.3, -0.25) is 0 Å². The summed E-state index contributed by atoms with van der Waals surface area (Å²) >= 11 is 1.65. The predicted octanol–water partition coefficient (Wildman–Crippen LogP) is 0.524. The van der Waals surface area contributed by atoms with Crippen LogP contribution >= 0.6 is 0 Å². The van der Waals surface area contributed by atoms with E-state index in [1.807, 2.05) is 6.92 Å². The lowest BCUT2D eigenvalue weighted by molar-refractivity contribution is -1.07. The van der Waals surface area contributed by atoms with Gasteiger partial charge in [0, 0.05) is 0 Å². The molecule has 0 bridgehead atoms. The Balaban J connectivity index is 3.70. The van der Waals surface area contributed by atoms with Crippen LogP contribution in [0.15, 0.2) is 5.18 Å². The van der Waals surface area contributed by atoms with Gasteiger partial charge in [-0.25, -0.2) is 0 Å². The molecular formula is C13H26IN2O3. The van der Waals surface area contributed by atoms with E-state index in [1.54, 1.807) is 22.9 Å². The number of rotatable bonds is 13. The maximum Gasteiger partial charge on any atom is 0.191 e. The second-order valence-electron chi connectivity index (χ2n) is 4.94. The smallest absolute Gasteiger partial charge is 0.191 e. The molecule has 0 aliphatic rings. The highest BCUT2D eigenvalue weighted by molar-refractivity contribution is 4.62. The van der Waals surface area contributed by atoms with Crippen molar-refractivity contribution in [2.45, 2.75) is 71.0 Å². The zero-order chi connectivity index (χ0) is 14.5. The molecule has 0 N–H and O–H groups in total. The molecule has 6 heteroatoms. The van der Waals surface area contributed by atoms with Gasteiger partial charge in [0.25, 0.3) is 0 Å². The van der Waals surface area contributed by atoms with Crippen molar-refractivity contribution in [3.05, 3.63) is 9.81 Å². The number of halogens is 1. The van der Waals surface area contributed by atoms with Gasteiger partial charge in [-0.2, -0.15) is 4.91 Å². The van der Waals surface area contributed by atoms with E-state index >= 15 is 0 Å². The van der Waals surface area contributed by atoms with Gasteiger partial charge in [-0.1, -0.05) is 50.6 Å². The van der Waals surface area contributed by atoms with E-state index in [4.69, 9.17) is 4.74 Å². The second kappa shape index (κ2) is 12.9. The van der Waals surface area contributed by atoms with Gasteiger partial charge in [0.05, 0.1) is 6.10 Å². The Morgan fingerprint density at radius 3 is 2.42 bits per heavy atom. The second-order valence-corrected chi connectivity index (χ2v) is 6.01. The molecule has 0 fully saturated rings. The minimum absolute atomic E-state index is 0.0442. The summed E-state index contributed by atoms with van der Waals surface area (Å²) < 4.78 is 6.44. The molecule has 1 radical (unpaired) electrons. The highest BCUT2D eigenvalue weighted by Gasteiger charge is 2.17. The van der Waals surface area contributed by atoms with Gasteiger partial charge >= 0.3 is 0 Å². The number of hydrogen-bond donors (Lipinski definition) is 0. The van der Waals surface area contributed by atoms with E-state index in [-0.39, 0.29) is 25.3 Å². The lowest BCUT2D eigenvalue weighted by atomic mass is 10.1. The predicted molar refractivity (Wildman–Crippen MR) is 71.5 cm³/mol. The molecule has 0 amide bonds. The quantitative estimate of drug-likeness (QED) is 0.201. The van der Waals surface area contributed by atoms with Crippen molar-refractivity contribution < 1.29 is 30.6 Å². The van der Waals surface area contributed by atoms with E-state index in [0.717, 1.165) is 15.8 Å². The lowest BCUT2D eigenvalue weighted by Crippen LogP contribution is -3.39. The monoisotopic (exact) mass is 385 g/mol. The highest BCUT2D eigenvalue weighted by Crippen LogP contribution is 2.11. The van der Waals surface area contributed by atoms with Crippen molar-refractivity contribution >= 4 is 0 Å². The summed E-state index contributed by atoms with van der Waals surface area (Å²) in [6.07, 6.45) is 8.20. The van der Waals surface area contributed by atoms with Crippen molar-refractivity contribution in [2.75, 3.05) is 13.1 Å². The molecule has 0 aromatic carbocycles. The van der Waals surface area contributed by atoms with Gasteiger partial charge < -0.3 is 27.6 Å². The average Bonchev–Trinajstić information content (AvgIpc) is 2.33. The molecule has 2 unspecified atom stereocenters. The maximum absolute atomic E-state index is 11.0. The summed E-state index contributed by atoms with van der Waals surface area (Å²) in [6.45, 7) is 4.44. The normalized spacial score (nSPS) is 14.1. The van der Waals surface area contributed by atoms with Crippen LogP contribution in [-0.2, 0) is 4.74 Å². The van der Waals surface area contributed by atoms with Crippen molar-refractivity contribution in [1.82, 2.24) is 0 Å². The topological polar surface area (TPSA) is 58.7 Å². The van der Waals surface area contributed by atoms with Crippen molar-refractivity contribution in [1.29, 1.82) is 0 Å². The number of hydrogen-bond acceptors (Lipinski definition) is 4. The van der Waals surface area contributed by atoms with Crippen molar-refractivity contribution in [3.8, 4) is 0 Å². The third-order valence-electron chi connectivity index (χ3n) is 3.01. The molecule has 113 valence electrons. The first-order valence-electron chi connectivity index (χ1n) is 7.15. The third-order valence-corrected chi connectivity index (χ3v) is 3.41. The first-order chi connectivity index (χ1) is 9.10. The number of nitrogens with zero attached hydrogens (tertiary/aromatic N) is 2. The van der Waals surface area contributed by atoms with Gasteiger partial charge in [-0.05, 0) is 18.3 Å². The molecule has 19 heavy (non-hydrogen) atoms. The van der Waals surface area contributed by atoms with Gasteiger partial charge in [0.2, 0.25) is 0 Å². The van der Waals surface area contributed by atoms with Crippen LogP contribution in [0.1, 0.15) is 58.8 Å². The summed E-state index contributed by atoms with van der Waals surface area (Å²) in [7, 11) is 0. The zero-order valence-corrected chi connectivity index (χ0v) is 14.2. The van der Waals surface area contributed by atoms with Crippen LogP contribution in [0.25, 0.3) is 0 Å². The molecule has 0 heterocycles. The number of nitroso groups, excluding NO2 is 2. The Labute approximate surface area is 129 Å². The molecule has 0 aromatic heterocycles. The van der Waals surface area contributed by atoms with Crippen LogP contribution in [0.2, 0.25) is 0 Å². The SMILES string of the molecule is CCCCCCCCC(C)OC(CN=O)C[N+](=O)[I-]. The first-order valence-corrected chi connectivity index (χ1v) is 8.11.